The number of nitrogens with one attached hydrogen (secondary N) is 2. The zero-order valence-corrected chi connectivity index (χ0v) is 9.82. The lowest BCUT2D eigenvalue weighted by atomic mass is 10.1. The number of carbonyl (C=O) groups is 2. The highest BCUT2D eigenvalue weighted by Gasteiger charge is 2.20. The Hall–Kier alpha value is -1.56. The average molecular weight is 241 g/mol. The molecule has 1 aliphatic heterocycles. The maximum atomic E-state index is 11.8. The van der Waals surface area contributed by atoms with Gasteiger partial charge in [-0.3, -0.25) is 4.79 Å². The van der Waals surface area contributed by atoms with Crippen LogP contribution in [0.1, 0.15) is 12.8 Å². The number of amides is 2. The van der Waals surface area contributed by atoms with Gasteiger partial charge in [0.2, 0.25) is 0 Å². The summed E-state index contributed by atoms with van der Waals surface area (Å²) in [5.41, 5.74) is 0. The highest BCUT2D eigenvalue weighted by molar-refractivity contribution is 5.80. The van der Waals surface area contributed by atoms with E-state index in [1.165, 1.54) is 11.0 Å². The van der Waals surface area contributed by atoms with Crippen LogP contribution in [-0.4, -0.2) is 54.2 Å². The van der Waals surface area contributed by atoms with Crippen molar-refractivity contribution in [2.75, 3.05) is 26.2 Å². The second kappa shape index (κ2) is 6.90. The lowest BCUT2D eigenvalue weighted by Gasteiger charge is -2.27. The van der Waals surface area contributed by atoms with Gasteiger partial charge in [0.05, 0.1) is 0 Å². The molecule has 1 fully saturated rings. The number of urea groups is 1. The molecule has 0 bridgehead atoms. The number of carboxylic acid groups (broad SMARTS) is 1. The van der Waals surface area contributed by atoms with Gasteiger partial charge in [0.15, 0.2) is 0 Å². The van der Waals surface area contributed by atoms with E-state index in [-0.39, 0.29) is 25.2 Å². The fraction of sp³-hybridized carbons (Fsp3) is 0.636. The summed E-state index contributed by atoms with van der Waals surface area (Å²) < 4.78 is 0. The van der Waals surface area contributed by atoms with Gasteiger partial charge >= 0.3 is 12.0 Å². The molecule has 0 unspecified atom stereocenters. The number of piperidine rings is 1. The number of nitrogens with zero attached hydrogens (tertiary/aromatic N) is 1. The molecule has 6 nitrogen and oxygen atoms in total. The van der Waals surface area contributed by atoms with Crippen LogP contribution < -0.4 is 10.6 Å². The second-order valence-corrected chi connectivity index (χ2v) is 4.04. The third-order valence-corrected chi connectivity index (χ3v) is 2.63. The van der Waals surface area contributed by atoms with Crippen molar-refractivity contribution < 1.29 is 14.7 Å². The van der Waals surface area contributed by atoms with E-state index in [0.717, 1.165) is 25.9 Å². The molecule has 0 aliphatic carbocycles. The lowest BCUT2D eigenvalue weighted by Crippen LogP contribution is -2.49. The number of carboxylic acids is 1. The maximum absolute atomic E-state index is 11.8. The van der Waals surface area contributed by atoms with Crippen LogP contribution in [0.4, 0.5) is 4.79 Å². The summed E-state index contributed by atoms with van der Waals surface area (Å²) in [6, 6.07) is -0.205. The number of carbonyl (C=O) groups excluding carboxylic acids is 1. The molecule has 0 spiro atoms. The Morgan fingerprint density at radius 1 is 1.47 bits per heavy atom. The molecule has 0 atom stereocenters. The molecule has 1 aliphatic rings. The molecule has 0 aromatic heterocycles. The number of rotatable bonds is 5. The van der Waals surface area contributed by atoms with Gasteiger partial charge < -0.3 is 20.6 Å². The predicted molar refractivity (Wildman–Crippen MR) is 63.8 cm³/mol. The Morgan fingerprint density at radius 2 is 2.12 bits per heavy atom. The molecule has 2 amide bonds. The maximum Gasteiger partial charge on any atom is 0.323 e. The fourth-order valence-electron chi connectivity index (χ4n) is 1.77. The van der Waals surface area contributed by atoms with E-state index in [4.69, 9.17) is 5.11 Å². The van der Waals surface area contributed by atoms with Crippen molar-refractivity contribution in [2.24, 2.45) is 0 Å². The molecule has 1 rings (SSSR count). The van der Waals surface area contributed by atoms with Gasteiger partial charge in [0, 0.05) is 12.6 Å². The molecular weight excluding hydrogens is 222 g/mol. The van der Waals surface area contributed by atoms with Crippen LogP contribution in [0.25, 0.3) is 0 Å². The third kappa shape index (κ3) is 4.86. The third-order valence-electron chi connectivity index (χ3n) is 2.63. The normalized spacial score (nSPS) is 16.2. The van der Waals surface area contributed by atoms with Crippen LogP contribution in [0.2, 0.25) is 0 Å². The first-order valence-electron chi connectivity index (χ1n) is 5.72. The summed E-state index contributed by atoms with van der Waals surface area (Å²) >= 11 is 0. The number of hydrogen-bond donors (Lipinski definition) is 3. The summed E-state index contributed by atoms with van der Waals surface area (Å²) in [5, 5.41) is 14.7. The molecule has 0 aromatic rings. The standard InChI is InChI=1S/C11H19N3O3/c1-2-7-14(8-10(15)16)11(17)13-9-3-5-12-6-4-9/h2,9,12H,1,3-8H2,(H,13,17)(H,15,16). The summed E-state index contributed by atoms with van der Waals surface area (Å²) in [7, 11) is 0. The van der Waals surface area contributed by atoms with Gasteiger partial charge in [-0.25, -0.2) is 4.79 Å². The Morgan fingerprint density at radius 3 is 2.65 bits per heavy atom. The van der Waals surface area contributed by atoms with E-state index in [0.29, 0.717) is 0 Å². The van der Waals surface area contributed by atoms with E-state index in [2.05, 4.69) is 17.2 Å². The van der Waals surface area contributed by atoms with Crippen molar-refractivity contribution in [3.63, 3.8) is 0 Å². The van der Waals surface area contributed by atoms with Crippen molar-refractivity contribution >= 4 is 12.0 Å². The van der Waals surface area contributed by atoms with Crippen molar-refractivity contribution in [1.29, 1.82) is 0 Å². The van der Waals surface area contributed by atoms with Crippen LogP contribution in [0, 0.1) is 0 Å². The fourth-order valence-corrected chi connectivity index (χ4v) is 1.77. The van der Waals surface area contributed by atoms with Crippen molar-refractivity contribution in [2.45, 2.75) is 18.9 Å². The van der Waals surface area contributed by atoms with Crippen LogP contribution >= 0.6 is 0 Å². The molecule has 96 valence electrons. The SMILES string of the molecule is C=CCN(CC(=O)O)C(=O)NC1CCNCC1. The Bertz CT molecular complexity index is 288. The Kier molecular flexibility index (Phi) is 5.48. The summed E-state index contributed by atoms with van der Waals surface area (Å²) in [4.78, 5) is 23.7. The minimum atomic E-state index is -1.02. The predicted octanol–water partition coefficient (Wildman–Crippen LogP) is 0.0206. The molecule has 1 heterocycles. The molecule has 3 N–H and O–H groups in total. The topological polar surface area (TPSA) is 81.7 Å². The van der Waals surface area contributed by atoms with Gasteiger partial charge in [-0.05, 0) is 25.9 Å². The summed E-state index contributed by atoms with van der Waals surface area (Å²) in [5.74, 6) is -1.02. The summed E-state index contributed by atoms with van der Waals surface area (Å²) in [6.45, 7) is 5.21. The molecule has 0 radical (unpaired) electrons. The average Bonchev–Trinajstić information content (AvgIpc) is 2.29. The monoisotopic (exact) mass is 241 g/mol. The first-order valence-corrected chi connectivity index (χ1v) is 5.72. The minimum Gasteiger partial charge on any atom is -0.480 e. The quantitative estimate of drug-likeness (QED) is 0.593. The van der Waals surface area contributed by atoms with Crippen LogP contribution in [-0.2, 0) is 4.79 Å². The van der Waals surface area contributed by atoms with Gasteiger partial charge in [-0.1, -0.05) is 6.08 Å². The zero-order chi connectivity index (χ0) is 12.7. The highest BCUT2D eigenvalue weighted by Crippen LogP contribution is 2.03. The Labute approximate surface area is 101 Å². The minimum absolute atomic E-state index is 0.130. The van der Waals surface area contributed by atoms with Crippen molar-refractivity contribution in [1.82, 2.24) is 15.5 Å². The Balaban J connectivity index is 2.45. The van der Waals surface area contributed by atoms with E-state index in [1.54, 1.807) is 0 Å². The number of aliphatic carboxylic acids is 1. The van der Waals surface area contributed by atoms with E-state index < -0.39 is 5.97 Å². The first kappa shape index (κ1) is 13.5. The van der Waals surface area contributed by atoms with Crippen molar-refractivity contribution in [3.8, 4) is 0 Å². The molecule has 1 saturated heterocycles. The first-order chi connectivity index (χ1) is 8.13. The van der Waals surface area contributed by atoms with Gasteiger partial charge in [0.25, 0.3) is 0 Å². The van der Waals surface area contributed by atoms with E-state index in [9.17, 15) is 9.59 Å². The van der Waals surface area contributed by atoms with E-state index in [1.807, 2.05) is 0 Å². The second-order valence-electron chi connectivity index (χ2n) is 4.04. The van der Waals surface area contributed by atoms with Crippen LogP contribution in [0.3, 0.4) is 0 Å². The van der Waals surface area contributed by atoms with Gasteiger partial charge in [0.1, 0.15) is 6.54 Å². The number of hydrogen-bond acceptors (Lipinski definition) is 3. The molecule has 6 heteroatoms. The molecule has 0 saturated carbocycles. The molecule has 0 aromatic carbocycles. The lowest BCUT2D eigenvalue weighted by molar-refractivity contribution is -0.137. The molecule has 17 heavy (non-hydrogen) atoms. The summed E-state index contributed by atoms with van der Waals surface area (Å²) in [6.07, 6.45) is 3.27. The van der Waals surface area contributed by atoms with Crippen LogP contribution in [0.15, 0.2) is 12.7 Å². The smallest absolute Gasteiger partial charge is 0.323 e. The van der Waals surface area contributed by atoms with E-state index >= 15 is 0 Å². The van der Waals surface area contributed by atoms with Crippen molar-refractivity contribution in [3.05, 3.63) is 12.7 Å². The largest absolute Gasteiger partial charge is 0.480 e. The zero-order valence-electron chi connectivity index (χ0n) is 9.82. The molecular formula is C11H19N3O3. The highest BCUT2D eigenvalue weighted by atomic mass is 16.4. The van der Waals surface area contributed by atoms with Gasteiger partial charge in [-0.2, -0.15) is 0 Å². The van der Waals surface area contributed by atoms with Crippen LogP contribution in [0.5, 0.6) is 0 Å². The van der Waals surface area contributed by atoms with Gasteiger partial charge in [-0.15, -0.1) is 6.58 Å².